The molecule has 0 radical (unpaired) electrons. The van der Waals surface area contributed by atoms with Crippen LogP contribution in [-0.2, 0) is 6.42 Å². The average Bonchev–Trinajstić information content (AvgIpc) is 2.61. The minimum atomic E-state index is 0.0376. The molecule has 0 fully saturated rings. The fourth-order valence-electron chi connectivity index (χ4n) is 2.05. The summed E-state index contributed by atoms with van der Waals surface area (Å²) >= 11 is 6.02. The lowest BCUT2D eigenvalue weighted by molar-refractivity contribution is 0.516. The molecule has 0 saturated carbocycles. The summed E-state index contributed by atoms with van der Waals surface area (Å²) in [5.74, 6) is 0. The summed E-state index contributed by atoms with van der Waals surface area (Å²) in [7, 11) is 0. The Morgan fingerprint density at radius 1 is 1.40 bits per heavy atom. The zero-order chi connectivity index (χ0) is 11.1. The molecule has 0 atom stereocenters. The lowest BCUT2D eigenvalue weighted by atomic mass is 9.81. The Labute approximate surface area is 95.9 Å². The molecule has 1 aliphatic rings. The molecule has 0 saturated heterocycles. The first-order chi connectivity index (χ1) is 7.04. The maximum Gasteiger partial charge on any atom is 0.0412 e. The van der Waals surface area contributed by atoms with Crippen LogP contribution in [-0.4, -0.2) is 6.54 Å². The highest BCUT2D eigenvalue weighted by Gasteiger charge is 2.27. The summed E-state index contributed by atoms with van der Waals surface area (Å²) in [5.41, 5.74) is 9.81. The summed E-state index contributed by atoms with van der Waals surface area (Å²) in [5, 5.41) is 0.800. The van der Waals surface area contributed by atoms with E-state index in [-0.39, 0.29) is 5.41 Å². The molecular formula is C13H16ClN. The second-order valence-electron chi connectivity index (χ2n) is 4.71. The standard InChI is InChI=1S/C13H16ClN/c1-13(2,8-15)12-6-4-9-3-5-10(14)7-11(9)12/h3,5-7H,4,8,15H2,1-2H3. The van der Waals surface area contributed by atoms with Gasteiger partial charge in [-0.05, 0) is 35.3 Å². The van der Waals surface area contributed by atoms with Crippen LogP contribution in [0.25, 0.3) is 5.57 Å². The first kappa shape index (κ1) is 10.7. The first-order valence-electron chi connectivity index (χ1n) is 5.24. The molecule has 15 heavy (non-hydrogen) atoms. The predicted octanol–water partition coefficient (Wildman–Crippen LogP) is 3.26. The lowest BCUT2D eigenvalue weighted by Crippen LogP contribution is -2.24. The first-order valence-corrected chi connectivity index (χ1v) is 5.62. The number of rotatable bonds is 2. The summed E-state index contributed by atoms with van der Waals surface area (Å²) < 4.78 is 0. The maximum atomic E-state index is 6.02. The molecule has 0 aromatic heterocycles. The van der Waals surface area contributed by atoms with E-state index >= 15 is 0 Å². The summed E-state index contributed by atoms with van der Waals surface area (Å²) in [6.07, 6.45) is 3.28. The molecule has 1 aromatic rings. The number of fused-ring (bicyclic) bond motifs is 1. The fourth-order valence-corrected chi connectivity index (χ4v) is 2.22. The van der Waals surface area contributed by atoms with Gasteiger partial charge < -0.3 is 5.73 Å². The molecule has 0 amide bonds. The van der Waals surface area contributed by atoms with Crippen molar-refractivity contribution in [2.75, 3.05) is 6.54 Å². The van der Waals surface area contributed by atoms with Gasteiger partial charge in [-0.15, -0.1) is 0 Å². The van der Waals surface area contributed by atoms with Crippen molar-refractivity contribution in [2.45, 2.75) is 20.3 Å². The smallest absolute Gasteiger partial charge is 0.0412 e. The zero-order valence-corrected chi connectivity index (χ0v) is 9.93. The highest BCUT2D eigenvalue weighted by atomic mass is 35.5. The molecule has 0 heterocycles. The Balaban J connectivity index is 2.46. The number of allylic oxidation sites excluding steroid dienone is 1. The molecule has 0 unspecified atom stereocenters. The van der Waals surface area contributed by atoms with E-state index in [2.05, 4.69) is 26.0 Å². The van der Waals surface area contributed by atoms with E-state index in [9.17, 15) is 0 Å². The van der Waals surface area contributed by atoms with E-state index in [1.165, 1.54) is 16.7 Å². The van der Waals surface area contributed by atoms with E-state index in [1.54, 1.807) is 0 Å². The van der Waals surface area contributed by atoms with Crippen LogP contribution in [0, 0.1) is 5.41 Å². The van der Waals surface area contributed by atoms with E-state index in [0.29, 0.717) is 6.54 Å². The Kier molecular flexibility index (Phi) is 2.61. The Hall–Kier alpha value is -0.790. The molecule has 0 bridgehead atoms. The van der Waals surface area contributed by atoms with Crippen LogP contribution < -0.4 is 5.73 Å². The molecule has 2 rings (SSSR count). The number of nitrogens with two attached hydrogens (primary N) is 1. The van der Waals surface area contributed by atoms with Gasteiger partial charge in [-0.25, -0.2) is 0 Å². The molecule has 0 aliphatic heterocycles. The van der Waals surface area contributed by atoms with Gasteiger partial charge in [0, 0.05) is 17.0 Å². The second-order valence-corrected chi connectivity index (χ2v) is 5.15. The minimum Gasteiger partial charge on any atom is -0.330 e. The number of hydrogen-bond acceptors (Lipinski definition) is 1. The van der Waals surface area contributed by atoms with Crippen molar-refractivity contribution in [1.82, 2.24) is 0 Å². The fraction of sp³-hybridized carbons (Fsp3) is 0.385. The molecule has 1 aliphatic carbocycles. The molecule has 2 N–H and O–H groups in total. The van der Waals surface area contributed by atoms with Crippen molar-refractivity contribution in [2.24, 2.45) is 11.1 Å². The van der Waals surface area contributed by atoms with Gasteiger partial charge in [-0.3, -0.25) is 0 Å². The van der Waals surface area contributed by atoms with E-state index in [0.717, 1.165) is 11.4 Å². The topological polar surface area (TPSA) is 26.0 Å². The quantitative estimate of drug-likeness (QED) is 0.815. The largest absolute Gasteiger partial charge is 0.330 e. The Bertz CT molecular complexity index is 419. The lowest BCUT2D eigenvalue weighted by Gasteiger charge is -2.25. The van der Waals surface area contributed by atoms with Crippen molar-refractivity contribution in [3.63, 3.8) is 0 Å². The normalized spacial score (nSPS) is 15.1. The molecule has 80 valence electrons. The van der Waals surface area contributed by atoms with E-state index in [1.807, 2.05) is 12.1 Å². The van der Waals surface area contributed by atoms with Gasteiger partial charge in [0.25, 0.3) is 0 Å². The van der Waals surface area contributed by atoms with Crippen molar-refractivity contribution < 1.29 is 0 Å². The summed E-state index contributed by atoms with van der Waals surface area (Å²) in [6.45, 7) is 5.01. The highest BCUT2D eigenvalue weighted by molar-refractivity contribution is 6.30. The third-order valence-electron chi connectivity index (χ3n) is 3.13. The monoisotopic (exact) mass is 221 g/mol. The van der Waals surface area contributed by atoms with Crippen molar-refractivity contribution in [3.05, 3.63) is 40.4 Å². The SMILES string of the molecule is CC(C)(CN)C1=CCc2ccc(Cl)cc21. The summed E-state index contributed by atoms with van der Waals surface area (Å²) in [4.78, 5) is 0. The maximum absolute atomic E-state index is 6.02. The number of benzene rings is 1. The molecule has 1 nitrogen and oxygen atoms in total. The molecular weight excluding hydrogens is 206 g/mol. The third kappa shape index (κ3) is 1.82. The third-order valence-corrected chi connectivity index (χ3v) is 3.36. The van der Waals surface area contributed by atoms with Gasteiger partial charge in [0.05, 0.1) is 0 Å². The van der Waals surface area contributed by atoms with Crippen LogP contribution in [0.4, 0.5) is 0 Å². The van der Waals surface area contributed by atoms with Gasteiger partial charge in [0.1, 0.15) is 0 Å². The highest BCUT2D eigenvalue weighted by Crippen LogP contribution is 2.40. The van der Waals surface area contributed by atoms with Gasteiger partial charge in [0.15, 0.2) is 0 Å². The van der Waals surface area contributed by atoms with E-state index in [4.69, 9.17) is 17.3 Å². The van der Waals surface area contributed by atoms with Crippen LogP contribution in [0.2, 0.25) is 5.02 Å². The average molecular weight is 222 g/mol. The summed E-state index contributed by atoms with van der Waals surface area (Å²) in [6, 6.07) is 6.10. The van der Waals surface area contributed by atoms with Gasteiger partial charge in [-0.1, -0.05) is 37.6 Å². The van der Waals surface area contributed by atoms with Crippen molar-refractivity contribution in [1.29, 1.82) is 0 Å². The van der Waals surface area contributed by atoms with Gasteiger partial charge in [0.2, 0.25) is 0 Å². The van der Waals surface area contributed by atoms with Gasteiger partial charge >= 0.3 is 0 Å². The Morgan fingerprint density at radius 3 is 2.80 bits per heavy atom. The van der Waals surface area contributed by atoms with Crippen molar-refractivity contribution >= 4 is 17.2 Å². The molecule has 2 heteroatoms. The van der Waals surface area contributed by atoms with Gasteiger partial charge in [-0.2, -0.15) is 0 Å². The predicted molar refractivity (Wildman–Crippen MR) is 66.0 cm³/mol. The molecule has 0 spiro atoms. The zero-order valence-electron chi connectivity index (χ0n) is 9.18. The van der Waals surface area contributed by atoms with E-state index < -0.39 is 0 Å². The molecule has 1 aromatic carbocycles. The van der Waals surface area contributed by atoms with Crippen LogP contribution in [0.15, 0.2) is 24.3 Å². The second kappa shape index (κ2) is 3.66. The van der Waals surface area contributed by atoms with Crippen LogP contribution in [0.3, 0.4) is 0 Å². The van der Waals surface area contributed by atoms with Crippen molar-refractivity contribution in [3.8, 4) is 0 Å². The minimum absolute atomic E-state index is 0.0376. The van der Waals surface area contributed by atoms with Crippen LogP contribution in [0.5, 0.6) is 0 Å². The van der Waals surface area contributed by atoms with Crippen LogP contribution >= 0.6 is 11.6 Å². The Morgan fingerprint density at radius 2 is 2.13 bits per heavy atom. The number of hydrogen-bond donors (Lipinski definition) is 1. The number of halogens is 1. The van der Waals surface area contributed by atoms with Crippen LogP contribution in [0.1, 0.15) is 25.0 Å².